The van der Waals surface area contributed by atoms with E-state index in [1.54, 1.807) is 0 Å². The highest BCUT2D eigenvalue weighted by molar-refractivity contribution is 5.78. The second-order valence-corrected chi connectivity index (χ2v) is 3.17. The molecular weight excluding hydrogens is 162 g/mol. The Morgan fingerprint density at radius 2 is 2.31 bits per heavy atom. The number of nitrogens with one attached hydrogen (secondary N) is 2. The van der Waals surface area contributed by atoms with E-state index in [0.717, 1.165) is 23.4 Å². The van der Waals surface area contributed by atoms with Gasteiger partial charge in [-0.3, -0.25) is 0 Å². The van der Waals surface area contributed by atoms with Crippen LogP contribution in [0, 0.1) is 6.92 Å². The first-order valence-corrected chi connectivity index (χ1v) is 4.40. The number of imidazole rings is 1. The van der Waals surface area contributed by atoms with Gasteiger partial charge in [-0.25, -0.2) is 4.98 Å². The fraction of sp³-hybridized carbons (Fsp3) is 0.300. The first kappa shape index (κ1) is 8.26. The monoisotopic (exact) mass is 175 g/mol. The molecule has 0 amide bonds. The Morgan fingerprint density at radius 1 is 1.46 bits per heavy atom. The van der Waals surface area contributed by atoms with E-state index in [4.69, 9.17) is 0 Å². The molecule has 1 aromatic carbocycles. The molecule has 0 atom stereocenters. The predicted octanol–water partition coefficient (Wildman–Crippen LogP) is 1.59. The normalized spacial score (nSPS) is 10.9. The number of aromatic amines is 1. The molecule has 68 valence electrons. The number of rotatable bonds is 2. The third kappa shape index (κ3) is 1.42. The molecule has 0 radical (unpaired) electrons. The zero-order chi connectivity index (χ0) is 9.26. The molecule has 3 heteroatoms. The number of para-hydroxylation sites is 1. The van der Waals surface area contributed by atoms with Crippen LogP contribution in [0.4, 0.5) is 0 Å². The zero-order valence-electron chi connectivity index (χ0n) is 7.89. The average Bonchev–Trinajstić information content (AvgIpc) is 2.47. The minimum absolute atomic E-state index is 0.863. The molecule has 0 saturated carbocycles. The minimum Gasteiger partial charge on any atom is -0.342 e. The Kier molecular flexibility index (Phi) is 2.02. The number of H-pyrrole nitrogens is 1. The largest absolute Gasteiger partial charge is 0.342 e. The number of benzene rings is 1. The lowest BCUT2D eigenvalue weighted by molar-refractivity contribution is 0.822. The van der Waals surface area contributed by atoms with Gasteiger partial charge < -0.3 is 10.3 Å². The quantitative estimate of drug-likeness (QED) is 0.727. The lowest BCUT2D eigenvalue weighted by Crippen LogP contribution is -2.05. The van der Waals surface area contributed by atoms with E-state index >= 15 is 0 Å². The predicted molar refractivity (Wildman–Crippen MR) is 53.6 cm³/mol. The summed E-state index contributed by atoms with van der Waals surface area (Å²) in [6.07, 6.45) is 0. The molecule has 0 bridgehead atoms. The SMILES string of the molecule is CNCc1cccc2[nH]c(C)nc12. The van der Waals surface area contributed by atoms with Crippen molar-refractivity contribution in [1.82, 2.24) is 15.3 Å². The highest BCUT2D eigenvalue weighted by atomic mass is 14.9. The van der Waals surface area contributed by atoms with Crippen molar-refractivity contribution in [3.63, 3.8) is 0 Å². The van der Waals surface area contributed by atoms with E-state index in [-0.39, 0.29) is 0 Å². The van der Waals surface area contributed by atoms with Crippen molar-refractivity contribution in [1.29, 1.82) is 0 Å². The number of hydrogen-bond donors (Lipinski definition) is 2. The summed E-state index contributed by atoms with van der Waals surface area (Å²) in [6, 6.07) is 6.19. The van der Waals surface area contributed by atoms with Crippen LogP contribution >= 0.6 is 0 Å². The van der Waals surface area contributed by atoms with Gasteiger partial charge in [0.05, 0.1) is 11.0 Å². The van der Waals surface area contributed by atoms with Crippen molar-refractivity contribution >= 4 is 11.0 Å². The van der Waals surface area contributed by atoms with Gasteiger partial charge in [-0.15, -0.1) is 0 Å². The van der Waals surface area contributed by atoms with Crippen LogP contribution in [0.1, 0.15) is 11.4 Å². The van der Waals surface area contributed by atoms with Gasteiger partial charge in [0.1, 0.15) is 5.82 Å². The summed E-state index contributed by atoms with van der Waals surface area (Å²) in [5.74, 6) is 0.971. The van der Waals surface area contributed by atoms with Crippen LogP contribution in [0.5, 0.6) is 0 Å². The molecule has 0 saturated heterocycles. The summed E-state index contributed by atoms with van der Waals surface area (Å²) in [5.41, 5.74) is 3.43. The van der Waals surface area contributed by atoms with Gasteiger partial charge >= 0.3 is 0 Å². The topological polar surface area (TPSA) is 40.7 Å². The van der Waals surface area contributed by atoms with Crippen molar-refractivity contribution in [2.24, 2.45) is 0 Å². The maximum absolute atomic E-state index is 4.44. The first-order chi connectivity index (χ1) is 6.31. The lowest BCUT2D eigenvalue weighted by Gasteiger charge is -1.99. The van der Waals surface area contributed by atoms with Crippen LogP contribution in [-0.4, -0.2) is 17.0 Å². The third-order valence-electron chi connectivity index (χ3n) is 2.08. The molecule has 3 nitrogen and oxygen atoms in total. The van der Waals surface area contributed by atoms with Crippen molar-refractivity contribution in [2.75, 3.05) is 7.05 Å². The van der Waals surface area contributed by atoms with Gasteiger partial charge in [0.2, 0.25) is 0 Å². The van der Waals surface area contributed by atoms with Crippen LogP contribution in [0.3, 0.4) is 0 Å². The standard InChI is InChI=1S/C10H13N3/c1-7-12-9-5-3-4-8(6-11-2)10(9)13-7/h3-5,11H,6H2,1-2H3,(H,12,13). The van der Waals surface area contributed by atoms with Crippen molar-refractivity contribution in [3.05, 3.63) is 29.6 Å². The van der Waals surface area contributed by atoms with Crippen LogP contribution in [-0.2, 0) is 6.54 Å². The van der Waals surface area contributed by atoms with Crippen LogP contribution in [0.2, 0.25) is 0 Å². The maximum Gasteiger partial charge on any atom is 0.104 e. The molecule has 2 rings (SSSR count). The Labute approximate surface area is 77.2 Å². The smallest absolute Gasteiger partial charge is 0.104 e. The zero-order valence-corrected chi connectivity index (χ0v) is 7.89. The van der Waals surface area contributed by atoms with Gasteiger partial charge in [-0.1, -0.05) is 12.1 Å². The summed E-state index contributed by atoms with van der Waals surface area (Å²) in [5, 5.41) is 3.13. The Morgan fingerprint density at radius 3 is 3.08 bits per heavy atom. The van der Waals surface area contributed by atoms with Gasteiger partial charge in [-0.2, -0.15) is 0 Å². The van der Waals surface area contributed by atoms with E-state index in [1.807, 2.05) is 20.0 Å². The Balaban J connectivity index is 2.60. The van der Waals surface area contributed by atoms with Crippen LogP contribution in [0.25, 0.3) is 11.0 Å². The fourth-order valence-corrected chi connectivity index (χ4v) is 1.55. The molecular formula is C10H13N3. The first-order valence-electron chi connectivity index (χ1n) is 4.40. The second-order valence-electron chi connectivity index (χ2n) is 3.17. The molecule has 2 aromatic rings. The van der Waals surface area contributed by atoms with Gasteiger partial charge in [-0.05, 0) is 25.6 Å². The highest BCUT2D eigenvalue weighted by Gasteiger charge is 2.03. The summed E-state index contributed by atoms with van der Waals surface area (Å²) in [6.45, 7) is 2.84. The molecule has 13 heavy (non-hydrogen) atoms. The average molecular weight is 175 g/mol. The number of fused-ring (bicyclic) bond motifs is 1. The van der Waals surface area contributed by atoms with E-state index in [0.29, 0.717) is 0 Å². The Bertz CT molecular complexity index is 417. The van der Waals surface area contributed by atoms with Crippen LogP contribution in [0.15, 0.2) is 18.2 Å². The second kappa shape index (κ2) is 3.18. The number of hydrogen-bond acceptors (Lipinski definition) is 2. The summed E-state index contributed by atoms with van der Waals surface area (Å²) < 4.78 is 0. The Hall–Kier alpha value is -1.35. The fourth-order valence-electron chi connectivity index (χ4n) is 1.55. The lowest BCUT2D eigenvalue weighted by atomic mass is 10.2. The molecule has 0 aliphatic rings. The van der Waals surface area contributed by atoms with E-state index < -0.39 is 0 Å². The molecule has 2 N–H and O–H groups in total. The van der Waals surface area contributed by atoms with Gasteiger partial charge in [0, 0.05) is 6.54 Å². The molecule has 1 heterocycles. The van der Waals surface area contributed by atoms with Gasteiger partial charge in [0.25, 0.3) is 0 Å². The molecule has 0 fully saturated rings. The summed E-state index contributed by atoms with van der Waals surface area (Å²) in [4.78, 5) is 7.65. The van der Waals surface area contributed by atoms with Crippen molar-refractivity contribution in [3.8, 4) is 0 Å². The maximum atomic E-state index is 4.44. The molecule has 0 aliphatic heterocycles. The minimum atomic E-state index is 0.863. The molecule has 0 unspecified atom stereocenters. The third-order valence-corrected chi connectivity index (χ3v) is 2.08. The van der Waals surface area contributed by atoms with Crippen LogP contribution < -0.4 is 5.32 Å². The number of nitrogens with zero attached hydrogens (tertiary/aromatic N) is 1. The number of aryl methyl sites for hydroxylation is 1. The molecule has 1 aromatic heterocycles. The van der Waals surface area contributed by atoms with E-state index in [9.17, 15) is 0 Å². The summed E-state index contributed by atoms with van der Waals surface area (Å²) >= 11 is 0. The summed E-state index contributed by atoms with van der Waals surface area (Å²) in [7, 11) is 1.94. The van der Waals surface area contributed by atoms with Gasteiger partial charge in [0.15, 0.2) is 0 Å². The van der Waals surface area contributed by atoms with Crippen molar-refractivity contribution < 1.29 is 0 Å². The molecule has 0 spiro atoms. The highest BCUT2D eigenvalue weighted by Crippen LogP contribution is 2.15. The van der Waals surface area contributed by atoms with E-state index in [2.05, 4.69) is 27.4 Å². The van der Waals surface area contributed by atoms with E-state index in [1.165, 1.54) is 5.56 Å². The van der Waals surface area contributed by atoms with Crippen molar-refractivity contribution in [2.45, 2.75) is 13.5 Å². The molecule has 0 aliphatic carbocycles. The number of aromatic nitrogens is 2.